The number of ketones is 2. The van der Waals surface area contributed by atoms with Crippen molar-refractivity contribution in [2.45, 2.75) is 127 Å². The number of nitrogens with one attached hydrogen (secondary N) is 2. The van der Waals surface area contributed by atoms with Crippen molar-refractivity contribution in [3.05, 3.63) is 40.7 Å². The molecule has 0 aliphatic carbocycles. The topological polar surface area (TPSA) is 241 Å². The van der Waals surface area contributed by atoms with Gasteiger partial charge in [-0.1, -0.05) is 27.7 Å². The van der Waals surface area contributed by atoms with Gasteiger partial charge in [-0.2, -0.15) is 10.1 Å². The maximum Gasteiger partial charge on any atom is 0.409 e. The lowest BCUT2D eigenvalue weighted by atomic mass is 9.74. The zero-order valence-corrected chi connectivity index (χ0v) is 35.3. The fraction of sp³-hybridized carbons (Fsp3) is 0.718. The number of carbonyl (C=O) groups is 4. The van der Waals surface area contributed by atoms with E-state index in [9.17, 15) is 29.1 Å². The second-order valence-corrected chi connectivity index (χ2v) is 16.6. The molecule has 19 nitrogen and oxygen atoms in total. The summed E-state index contributed by atoms with van der Waals surface area (Å²) in [5.74, 6) is -7.05. The number of amides is 1. The number of hydrogen-bond donors (Lipinski definition) is 4. The van der Waals surface area contributed by atoms with Gasteiger partial charge in [-0.25, -0.2) is 18.8 Å². The maximum absolute atomic E-state index is 17.1. The van der Waals surface area contributed by atoms with Crippen LogP contribution in [0, 0.1) is 17.8 Å². The van der Waals surface area contributed by atoms with Crippen LogP contribution in [0.3, 0.4) is 0 Å². The van der Waals surface area contributed by atoms with Gasteiger partial charge in [0.25, 0.3) is 11.4 Å². The minimum atomic E-state index is -3.35. The van der Waals surface area contributed by atoms with E-state index < -0.39 is 107 Å². The third-order valence-corrected chi connectivity index (χ3v) is 12.1. The Morgan fingerprint density at radius 1 is 1.12 bits per heavy atom. The van der Waals surface area contributed by atoms with Crippen LogP contribution in [0.4, 0.5) is 15.0 Å². The SMILES string of the molecule is CC[C@H]1OC(=O)[C@@](C)(F)C(=O)[C@H](C)[C@@H](O[C@@H]2O[C@H](CNCc3ccn(C)n3)CC(N(C)C)C2O)[C@](C)(OC)C[C@@H](C)C(=O)[C@H](C)[C@H]2NC(=O)O[C@@]21n1ccc(N)nc1=O. The average molecular weight is 835 g/mol. The minimum absolute atomic E-state index is 0.132. The van der Waals surface area contributed by atoms with Crippen molar-refractivity contribution in [2.24, 2.45) is 24.8 Å². The van der Waals surface area contributed by atoms with E-state index in [-0.39, 0.29) is 18.7 Å². The zero-order chi connectivity index (χ0) is 43.8. The number of carbonyl (C=O) groups excluding carboxylic acids is 4. The highest BCUT2D eigenvalue weighted by Crippen LogP contribution is 2.43. The number of aromatic nitrogens is 4. The Morgan fingerprint density at radius 2 is 1.81 bits per heavy atom. The van der Waals surface area contributed by atoms with Crippen LogP contribution in [0.15, 0.2) is 29.3 Å². The van der Waals surface area contributed by atoms with Gasteiger partial charge in [-0.05, 0) is 59.3 Å². The highest BCUT2D eigenvalue weighted by molar-refractivity contribution is 6.08. The van der Waals surface area contributed by atoms with Gasteiger partial charge in [0.15, 0.2) is 18.2 Å². The van der Waals surface area contributed by atoms with Gasteiger partial charge in [0, 0.05) is 63.4 Å². The first-order valence-corrected chi connectivity index (χ1v) is 19.8. The molecule has 2 unspecified atom stereocenters. The van der Waals surface area contributed by atoms with Crippen molar-refractivity contribution >= 4 is 29.4 Å². The van der Waals surface area contributed by atoms with Gasteiger partial charge >= 0.3 is 17.8 Å². The van der Waals surface area contributed by atoms with E-state index in [1.54, 1.807) is 32.6 Å². The quantitative estimate of drug-likeness (QED) is 0.191. The molecule has 328 valence electrons. The number of aliphatic hydroxyl groups is 1. The minimum Gasteiger partial charge on any atom is -0.453 e. The van der Waals surface area contributed by atoms with E-state index in [1.165, 1.54) is 40.1 Å². The first-order valence-electron chi connectivity index (χ1n) is 19.8. The van der Waals surface area contributed by atoms with Crippen LogP contribution >= 0.6 is 0 Å². The van der Waals surface area contributed by atoms with E-state index >= 15 is 4.39 Å². The number of Topliss-reactive ketones (excluding diaryl/α,β-unsaturated/α-hetero) is 2. The fourth-order valence-electron chi connectivity index (χ4n) is 8.79. The molecule has 0 aromatic carbocycles. The molecule has 20 heteroatoms. The van der Waals surface area contributed by atoms with Crippen LogP contribution in [-0.2, 0) is 57.4 Å². The highest BCUT2D eigenvalue weighted by atomic mass is 19.1. The number of fused-ring (bicyclic) bond motifs is 1. The van der Waals surface area contributed by atoms with Gasteiger partial charge in [-0.15, -0.1) is 0 Å². The molecule has 0 bridgehead atoms. The van der Waals surface area contributed by atoms with Crippen molar-refractivity contribution < 1.29 is 52.4 Å². The second kappa shape index (κ2) is 17.7. The largest absolute Gasteiger partial charge is 0.453 e. The molecule has 3 fully saturated rings. The lowest BCUT2D eigenvalue weighted by Crippen LogP contribution is -2.64. The summed E-state index contributed by atoms with van der Waals surface area (Å²) in [4.78, 5) is 75.2. The molecule has 0 saturated carbocycles. The van der Waals surface area contributed by atoms with Gasteiger partial charge in [0.1, 0.15) is 23.7 Å². The number of esters is 1. The molecular weight excluding hydrogens is 775 g/mol. The number of nitrogens with two attached hydrogens (primary N) is 1. The number of hydrogen-bond acceptors (Lipinski definition) is 16. The van der Waals surface area contributed by atoms with Crippen LogP contribution in [0.5, 0.6) is 0 Å². The van der Waals surface area contributed by atoms with E-state index in [0.29, 0.717) is 19.5 Å². The third kappa shape index (κ3) is 8.93. The summed E-state index contributed by atoms with van der Waals surface area (Å²) >= 11 is 0. The van der Waals surface area contributed by atoms with Crippen LogP contribution < -0.4 is 22.1 Å². The van der Waals surface area contributed by atoms with Crippen molar-refractivity contribution in [3.63, 3.8) is 0 Å². The predicted molar refractivity (Wildman–Crippen MR) is 208 cm³/mol. The summed E-state index contributed by atoms with van der Waals surface area (Å²) in [5.41, 5.74) is -1.64. The molecule has 1 amide bonds. The smallest absolute Gasteiger partial charge is 0.409 e. The number of nitrogens with zero attached hydrogens (tertiary/aromatic N) is 5. The Hall–Kier alpha value is -4.34. The number of ether oxygens (including phenoxy) is 5. The zero-order valence-electron chi connectivity index (χ0n) is 35.3. The molecular formula is C39H59FN8O11. The number of likely N-dealkylation sites (N-methyl/N-ethyl adjacent to an activating group) is 1. The van der Waals surface area contributed by atoms with E-state index in [4.69, 9.17) is 29.4 Å². The van der Waals surface area contributed by atoms with Crippen molar-refractivity contribution in [1.82, 2.24) is 34.9 Å². The van der Waals surface area contributed by atoms with Gasteiger partial charge in [0.2, 0.25) is 0 Å². The van der Waals surface area contributed by atoms with E-state index in [0.717, 1.165) is 17.2 Å². The Kier molecular flexibility index (Phi) is 13.7. The molecule has 3 aliphatic heterocycles. The second-order valence-electron chi connectivity index (χ2n) is 16.6. The van der Waals surface area contributed by atoms with Crippen LogP contribution in [-0.4, -0.2) is 135 Å². The molecule has 5 rings (SSSR count). The lowest BCUT2D eigenvalue weighted by molar-refractivity contribution is -0.297. The number of alkyl halides is 1. The average Bonchev–Trinajstić information content (AvgIpc) is 3.76. The lowest BCUT2D eigenvalue weighted by Gasteiger charge is -2.47. The molecule has 3 aliphatic rings. The molecule has 2 aromatic rings. The predicted octanol–water partition coefficient (Wildman–Crippen LogP) is 0.807. The number of cyclic esters (lactones) is 1. The number of aliphatic hydroxyl groups excluding tert-OH is 1. The van der Waals surface area contributed by atoms with Gasteiger partial charge in [0.05, 0.1) is 23.5 Å². The summed E-state index contributed by atoms with van der Waals surface area (Å²) in [7, 11) is 6.75. The molecule has 0 spiro atoms. The van der Waals surface area contributed by atoms with E-state index in [2.05, 4.69) is 20.7 Å². The number of anilines is 1. The van der Waals surface area contributed by atoms with Crippen LogP contribution in [0.25, 0.3) is 0 Å². The Balaban J connectivity index is 1.56. The van der Waals surface area contributed by atoms with Crippen molar-refractivity contribution in [1.29, 1.82) is 0 Å². The molecule has 5 heterocycles. The molecule has 2 aromatic heterocycles. The number of aryl methyl sites for hydroxylation is 1. The maximum atomic E-state index is 17.1. The number of alkyl carbamates (subject to hydrolysis) is 1. The summed E-state index contributed by atoms with van der Waals surface area (Å²) in [6, 6.07) is 1.26. The normalized spacial score (nSPS) is 37.4. The number of nitrogen functional groups attached to an aromatic ring is 1. The number of methoxy groups -OCH3 is 1. The molecule has 13 atom stereocenters. The summed E-state index contributed by atoms with van der Waals surface area (Å²) < 4.78 is 50.2. The van der Waals surface area contributed by atoms with Crippen molar-refractivity contribution in [2.75, 3.05) is 33.5 Å². The summed E-state index contributed by atoms with van der Waals surface area (Å²) in [5, 5.41) is 22.0. The van der Waals surface area contributed by atoms with Gasteiger partial charge in [-0.3, -0.25) is 18.8 Å². The third-order valence-electron chi connectivity index (χ3n) is 12.1. The Morgan fingerprint density at radius 3 is 2.41 bits per heavy atom. The Bertz CT molecular complexity index is 1930. The fourth-order valence-corrected chi connectivity index (χ4v) is 8.79. The number of rotatable bonds is 10. The van der Waals surface area contributed by atoms with Crippen LogP contribution in [0.2, 0.25) is 0 Å². The molecule has 59 heavy (non-hydrogen) atoms. The monoisotopic (exact) mass is 834 g/mol. The van der Waals surface area contributed by atoms with Crippen molar-refractivity contribution in [3.8, 4) is 0 Å². The van der Waals surface area contributed by atoms with E-state index in [1.807, 2.05) is 24.2 Å². The molecule has 0 radical (unpaired) electrons. The number of halogens is 1. The molecule has 3 saturated heterocycles. The summed E-state index contributed by atoms with van der Waals surface area (Å²) in [6.45, 7) is 9.14. The standard InChI is InChI=1S/C39H59FN8O11/c1-11-26-39(48-15-13-27(41)43-35(48)53)30(44-36(54)59-39)21(3)28(49)20(2)17-37(5,55-10)32(22(4)31(51)38(6,40)34(52)57-26)58-33-29(50)25(46(7)8)16-24(56-33)19-42-18-23-12-14-47(9)45-23/h12-15,20-22,24-26,29-30,32-33,42,50H,11,16-19H2,1-10H3,(H,44,54)(H2,41,43,53)/t20-,21+,22+,24+,25?,26-,29?,30-,32-,33+,37-,38+,39-/m1/s1. The summed E-state index contributed by atoms with van der Waals surface area (Å²) in [6.07, 6.45) is -4.16. The van der Waals surface area contributed by atoms with Crippen LogP contribution in [0.1, 0.15) is 66.5 Å². The first kappa shape index (κ1) is 45.7. The molecule has 5 N–H and O–H groups in total. The van der Waals surface area contributed by atoms with Gasteiger partial charge < -0.3 is 50.1 Å². The Labute approximate surface area is 342 Å². The highest BCUT2D eigenvalue weighted by Gasteiger charge is 2.63. The first-order chi connectivity index (χ1) is 27.6.